The van der Waals surface area contributed by atoms with Gasteiger partial charge in [0, 0.05) is 19.5 Å². The van der Waals surface area contributed by atoms with Gasteiger partial charge in [0.05, 0.1) is 10.0 Å². The molecule has 1 aliphatic heterocycles. The van der Waals surface area contributed by atoms with Gasteiger partial charge in [0.1, 0.15) is 0 Å². The maximum Gasteiger partial charge on any atom is 0.223 e. The molecule has 142 valence electrons. The van der Waals surface area contributed by atoms with Gasteiger partial charge in [-0.2, -0.15) is 0 Å². The highest BCUT2D eigenvalue weighted by atomic mass is 35.5. The van der Waals surface area contributed by atoms with Crippen molar-refractivity contribution in [1.29, 1.82) is 0 Å². The number of piperidine rings is 1. The Labute approximate surface area is 171 Å². The van der Waals surface area contributed by atoms with Crippen LogP contribution in [0.4, 0.5) is 0 Å². The van der Waals surface area contributed by atoms with Gasteiger partial charge < -0.3 is 4.90 Å². The third-order valence-electron chi connectivity index (χ3n) is 6.18. The van der Waals surface area contributed by atoms with Crippen LogP contribution in [0.5, 0.6) is 0 Å². The van der Waals surface area contributed by atoms with Gasteiger partial charge in [-0.05, 0) is 72.8 Å². The minimum absolute atomic E-state index is 0.310. The lowest BCUT2D eigenvalue weighted by Gasteiger charge is -2.34. The fourth-order valence-electron chi connectivity index (χ4n) is 4.63. The predicted octanol–water partition coefficient (Wildman–Crippen LogP) is 6.21. The van der Waals surface area contributed by atoms with Crippen LogP contribution < -0.4 is 0 Å². The molecule has 2 aromatic carbocycles. The van der Waals surface area contributed by atoms with Crippen molar-refractivity contribution in [2.45, 2.75) is 50.4 Å². The van der Waals surface area contributed by atoms with Crippen molar-refractivity contribution in [3.63, 3.8) is 0 Å². The van der Waals surface area contributed by atoms with Crippen LogP contribution in [0, 0.1) is 0 Å². The molecule has 0 aromatic heterocycles. The molecule has 0 N–H and O–H groups in total. The van der Waals surface area contributed by atoms with Crippen molar-refractivity contribution >= 4 is 29.1 Å². The monoisotopic (exact) mass is 401 g/mol. The van der Waals surface area contributed by atoms with E-state index in [-0.39, 0.29) is 0 Å². The van der Waals surface area contributed by atoms with Gasteiger partial charge in [-0.3, -0.25) is 4.79 Å². The molecule has 4 rings (SSSR count). The molecule has 0 spiro atoms. The number of carbonyl (C=O) groups is 1. The molecule has 2 aliphatic rings. The highest BCUT2D eigenvalue weighted by Crippen LogP contribution is 2.36. The van der Waals surface area contributed by atoms with E-state index < -0.39 is 0 Å². The van der Waals surface area contributed by atoms with E-state index in [9.17, 15) is 4.79 Å². The number of hydrogen-bond acceptors (Lipinski definition) is 1. The second-order valence-electron chi connectivity index (χ2n) is 7.82. The molecule has 0 saturated carbocycles. The summed E-state index contributed by atoms with van der Waals surface area (Å²) in [5, 5.41) is 1.21. The molecule has 1 aliphatic carbocycles. The molecular formula is C23H25Cl2NO. The van der Waals surface area contributed by atoms with Crippen LogP contribution in [0.25, 0.3) is 0 Å². The fourth-order valence-corrected chi connectivity index (χ4v) is 4.94. The number of benzene rings is 2. The van der Waals surface area contributed by atoms with E-state index in [1.54, 1.807) is 0 Å². The minimum atomic E-state index is 0.310. The first-order chi connectivity index (χ1) is 13.1. The summed E-state index contributed by atoms with van der Waals surface area (Å²) >= 11 is 12.2. The van der Waals surface area contributed by atoms with E-state index in [4.69, 9.17) is 23.2 Å². The number of rotatable bonds is 3. The Hall–Kier alpha value is -1.51. The van der Waals surface area contributed by atoms with Crippen LogP contribution in [-0.4, -0.2) is 23.9 Å². The Morgan fingerprint density at radius 2 is 1.78 bits per heavy atom. The summed E-state index contributed by atoms with van der Waals surface area (Å²) < 4.78 is 0. The lowest BCUT2D eigenvalue weighted by atomic mass is 9.80. The quantitative estimate of drug-likeness (QED) is 0.598. The zero-order chi connectivity index (χ0) is 18.8. The van der Waals surface area contributed by atoms with Crippen LogP contribution in [0.2, 0.25) is 10.0 Å². The molecule has 1 fully saturated rings. The van der Waals surface area contributed by atoms with Crippen LogP contribution >= 0.6 is 23.2 Å². The first-order valence-electron chi connectivity index (χ1n) is 9.92. The van der Waals surface area contributed by atoms with E-state index in [1.807, 2.05) is 12.1 Å². The molecule has 1 unspecified atom stereocenters. The van der Waals surface area contributed by atoms with Crippen molar-refractivity contribution in [2.75, 3.05) is 13.1 Å². The maximum atomic E-state index is 12.9. The van der Waals surface area contributed by atoms with E-state index >= 15 is 0 Å². The topological polar surface area (TPSA) is 20.3 Å². The lowest BCUT2D eigenvalue weighted by molar-refractivity contribution is -0.132. The fraction of sp³-hybridized carbons (Fsp3) is 0.435. The summed E-state index contributed by atoms with van der Waals surface area (Å²) in [6.45, 7) is 1.66. The second-order valence-corrected chi connectivity index (χ2v) is 8.64. The van der Waals surface area contributed by atoms with Gasteiger partial charge in [-0.1, -0.05) is 53.5 Å². The summed E-state index contributed by atoms with van der Waals surface area (Å²) in [5.41, 5.74) is 4.06. The molecule has 0 bridgehead atoms. The Balaban J connectivity index is 1.36. The standard InChI is InChI=1S/C23H25Cl2NO/c24-21-9-8-18(14-22(21)25)16-10-12-26(13-11-16)23(27)15-19-6-3-5-17-4-1-2-7-20(17)19/h1-2,4,7-9,14,16,19H,3,5-6,10-13,15H2. The van der Waals surface area contributed by atoms with Crippen molar-refractivity contribution in [3.8, 4) is 0 Å². The van der Waals surface area contributed by atoms with Gasteiger partial charge in [-0.15, -0.1) is 0 Å². The SMILES string of the molecule is O=C(CC1CCCc2ccccc21)N1CCC(c2ccc(Cl)c(Cl)c2)CC1. The average Bonchev–Trinajstić information content (AvgIpc) is 2.70. The van der Waals surface area contributed by atoms with Crippen LogP contribution in [-0.2, 0) is 11.2 Å². The van der Waals surface area contributed by atoms with E-state index in [0.717, 1.165) is 38.8 Å². The number of hydrogen-bond donors (Lipinski definition) is 0. The molecule has 4 heteroatoms. The number of likely N-dealkylation sites (tertiary alicyclic amines) is 1. The number of carbonyl (C=O) groups excluding carboxylic acids is 1. The van der Waals surface area contributed by atoms with Crippen LogP contribution in [0.15, 0.2) is 42.5 Å². The van der Waals surface area contributed by atoms with E-state index in [2.05, 4.69) is 35.2 Å². The minimum Gasteiger partial charge on any atom is -0.343 e. The third kappa shape index (κ3) is 4.17. The molecule has 1 saturated heterocycles. The normalized spacial score (nSPS) is 20.4. The summed E-state index contributed by atoms with van der Waals surface area (Å²) in [5.74, 6) is 1.15. The zero-order valence-electron chi connectivity index (χ0n) is 15.5. The van der Waals surface area contributed by atoms with Gasteiger partial charge in [0.2, 0.25) is 5.91 Å². The van der Waals surface area contributed by atoms with Crippen LogP contribution in [0.1, 0.15) is 60.6 Å². The molecule has 1 atom stereocenters. The third-order valence-corrected chi connectivity index (χ3v) is 6.92. The molecule has 1 heterocycles. The summed E-state index contributed by atoms with van der Waals surface area (Å²) in [4.78, 5) is 15.0. The lowest BCUT2D eigenvalue weighted by Crippen LogP contribution is -2.38. The van der Waals surface area contributed by atoms with E-state index in [1.165, 1.54) is 23.1 Å². The highest BCUT2D eigenvalue weighted by Gasteiger charge is 2.28. The van der Waals surface area contributed by atoms with Crippen molar-refractivity contribution in [3.05, 3.63) is 69.2 Å². The largest absolute Gasteiger partial charge is 0.343 e. The van der Waals surface area contributed by atoms with E-state index in [0.29, 0.717) is 34.2 Å². The van der Waals surface area contributed by atoms with Gasteiger partial charge in [0.25, 0.3) is 0 Å². The smallest absolute Gasteiger partial charge is 0.223 e. The zero-order valence-corrected chi connectivity index (χ0v) is 17.0. The Morgan fingerprint density at radius 3 is 2.56 bits per heavy atom. The molecule has 2 aromatic rings. The number of fused-ring (bicyclic) bond motifs is 1. The molecule has 2 nitrogen and oxygen atoms in total. The maximum absolute atomic E-state index is 12.9. The Bertz CT molecular complexity index is 827. The number of amides is 1. The summed E-state index contributed by atoms with van der Waals surface area (Å²) in [6.07, 6.45) is 6.09. The average molecular weight is 402 g/mol. The summed E-state index contributed by atoms with van der Waals surface area (Å²) in [6, 6.07) is 14.6. The molecule has 27 heavy (non-hydrogen) atoms. The van der Waals surface area contributed by atoms with Gasteiger partial charge in [0.15, 0.2) is 0 Å². The molecule has 0 radical (unpaired) electrons. The Kier molecular flexibility index (Phi) is 5.75. The molecule has 1 amide bonds. The predicted molar refractivity (Wildman–Crippen MR) is 112 cm³/mol. The van der Waals surface area contributed by atoms with Crippen molar-refractivity contribution < 1.29 is 4.79 Å². The first kappa shape index (κ1) is 18.8. The molecular weight excluding hydrogens is 377 g/mol. The summed E-state index contributed by atoms with van der Waals surface area (Å²) in [7, 11) is 0. The second kappa shape index (κ2) is 8.24. The first-order valence-corrected chi connectivity index (χ1v) is 10.7. The van der Waals surface area contributed by atoms with Gasteiger partial charge in [-0.25, -0.2) is 0 Å². The number of halogens is 2. The van der Waals surface area contributed by atoms with Gasteiger partial charge >= 0.3 is 0 Å². The Morgan fingerprint density at radius 1 is 1.00 bits per heavy atom. The van der Waals surface area contributed by atoms with Crippen LogP contribution in [0.3, 0.4) is 0 Å². The van der Waals surface area contributed by atoms with Crippen molar-refractivity contribution in [1.82, 2.24) is 4.90 Å². The number of nitrogens with zero attached hydrogens (tertiary/aromatic N) is 1. The number of aryl methyl sites for hydroxylation is 1. The highest BCUT2D eigenvalue weighted by molar-refractivity contribution is 6.42. The van der Waals surface area contributed by atoms with Crippen molar-refractivity contribution in [2.24, 2.45) is 0 Å².